The van der Waals surface area contributed by atoms with Crippen LogP contribution in [0.15, 0.2) is 58.0 Å². The number of hydrogen-bond donors (Lipinski definition) is 2. The van der Waals surface area contributed by atoms with E-state index in [0.29, 0.717) is 5.56 Å². The summed E-state index contributed by atoms with van der Waals surface area (Å²) in [4.78, 5) is 48.4. The Balaban J connectivity index is 1.46. The van der Waals surface area contributed by atoms with Gasteiger partial charge in [0.15, 0.2) is 5.82 Å². The van der Waals surface area contributed by atoms with Gasteiger partial charge in [-0.25, -0.2) is 4.39 Å². The third kappa shape index (κ3) is 7.01. The zero-order valence-electron chi connectivity index (χ0n) is 21.9. The van der Waals surface area contributed by atoms with Crippen molar-refractivity contribution in [3.05, 3.63) is 82.8 Å². The molecular formula is C27H26F4N6O4. The van der Waals surface area contributed by atoms with Crippen molar-refractivity contribution >= 4 is 23.8 Å². The van der Waals surface area contributed by atoms with Crippen molar-refractivity contribution in [1.82, 2.24) is 20.4 Å². The van der Waals surface area contributed by atoms with Crippen LogP contribution in [0.3, 0.4) is 0 Å². The molecule has 0 saturated heterocycles. The molecule has 216 valence electrons. The smallest absolute Gasteiger partial charge is 0.344 e. The molecule has 3 N–H and O–H groups in total. The molecule has 0 spiro atoms. The number of ketones is 1. The zero-order chi connectivity index (χ0) is 29.9. The minimum Gasteiger partial charge on any atom is -0.344 e. The Labute approximate surface area is 231 Å². The third-order valence-corrected chi connectivity index (χ3v) is 6.29. The maximum atomic E-state index is 13.4. The van der Waals surface area contributed by atoms with E-state index in [9.17, 15) is 31.9 Å². The van der Waals surface area contributed by atoms with Gasteiger partial charge in [-0.3, -0.25) is 19.4 Å². The van der Waals surface area contributed by atoms with Gasteiger partial charge in [-0.1, -0.05) is 49.3 Å². The summed E-state index contributed by atoms with van der Waals surface area (Å²) < 4.78 is 57.5. The quantitative estimate of drug-likeness (QED) is 0.295. The molecule has 41 heavy (non-hydrogen) atoms. The van der Waals surface area contributed by atoms with Crippen molar-refractivity contribution in [2.75, 3.05) is 6.54 Å². The van der Waals surface area contributed by atoms with Gasteiger partial charge in [0.25, 0.3) is 5.89 Å². The molecule has 3 atom stereocenters. The first-order valence-corrected chi connectivity index (χ1v) is 12.5. The summed E-state index contributed by atoms with van der Waals surface area (Å²) in [5, 5.41) is 6.27. The van der Waals surface area contributed by atoms with Crippen LogP contribution in [0.2, 0.25) is 0 Å². The monoisotopic (exact) mass is 574 g/mol. The molecule has 2 heterocycles. The standard InChI is InChI=1S/C27H26F4N6O4/c1-14(2)22(23(39)25-34-20(36-41-25)11-15-4-3-5-17(10-15)27(29,30)31)35-21(38)13-37-24(33-12-19(32)26(37)40)16-6-8-18(28)9-7-16/h3-10,12,14,19,22,24H,11,13,32H2,1-2H3,(H,35,38). The fraction of sp³-hybridized carbons (Fsp3) is 0.333. The normalized spacial score (nSPS) is 18.0. The predicted octanol–water partition coefficient (Wildman–Crippen LogP) is 3.08. The van der Waals surface area contributed by atoms with E-state index in [1.807, 2.05) is 0 Å². The Morgan fingerprint density at radius 1 is 1.15 bits per heavy atom. The minimum atomic E-state index is -4.52. The van der Waals surface area contributed by atoms with Crippen LogP contribution in [0.5, 0.6) is 0 Å². The van der Waals surface area contributed by atoms with Gasteiger partial charge in [-0.2, -0.15) is 18.2 Å². The van der Waals surface area contributed by atoms with Crippen molar-refractivity contribution in [2.45, 2.75) is 44.7 Å². The zero-order valence-corrected chi connectivity index (χ0v) is 21.9. The highest BCUT2D eigenvalue weighted by atomic mass is 19.4. The summed E-state index contributed by atoms with van der Waals surface area (Å²) in [6.07, 6.45) is -4.33. The molecule has 1 aliphatic rings. The van der Waals surface area contributed by atoms with Gasteiger partial charge < -0.3 is 20.5 Å². The van der Waals surface area contributed by atoms with E-state index in [1.54, 1.807) is 13.8 Å². The number of amides is 2. The van der Waals surface area contributed by atoms with Gasteiger partial charge in [0, 0.05) is 12.6 Å². The summed E-state index contributed by atoms with van der Waals surface area (Å²) >= 11 is 0. The van der Waals surface area contributed by atoms with Gasteiger partial charge in [-0.15, -0.1) is 0 Å². The van der Waals surface area contributed by atoms with Crippen molar-refractivity contribution in [3.8, 4) is 0 Å². The Morgan fingerprint density at radius 2 is 1.85 bits per heavy atom. The summed E-state index contributed by atoms with van der Waals surface area (Å²) in [5.41, 5.74) is 5.68. The number of hydrogen-bond acceptors (Lipinski definition) is 8. The summed E-state index contributed by atoms with van der Waals surface area (Å²) in [6.45, 7) is 2.82. The number of alkyl halides is 3. The molecule has 10 nitrogen and oxygen atoms in total. The second-order valence-corrected chi connectivity index (χ2v) is 9.76. The molecule has 2 aromatic carbocycles. The number of carbonyl (C=O) groups is 3. The Hall–Kier alpha value is -4.46. The fourth-order valence-corrected chi connectivity index (χ4v) is 4.20. The van der Waals surface area contributed by atoms with Gasteiger partial charge in [0.2, 0.25) is 17.6 Å². The number of halogens is 4. The molecule has 0 bridgehead atoms. The number of Topliss-reactive ketones (excluding diaryl/α,β-unsaturated/α-hetero) is 1. The van der Waals surface area contributed by atoms with E-state index < -0.39 is 71.8 Å². The first-order chi connectivity index (χ1) is 19.3. The average molecular weight is 575 g/mol. The number of carbonyl (C=O) groups excluding carboxylic acids is 3. The second kappa shape index (κ2) is 12.0. The summed E-state index contributed by atoms with van der Waals surface area (Å²) in [5.74, 6) is -3.40. The van der Waals surface area contributed by atoms with Gasteiger partial charge in [-0.05, 0) is 35.2 Å². The maximum Gasteiger partial charge on any atom is 0.416 e. The predicted molar refractivity (Wildman–Crippen MR) is 137 cm³/mol. The average Bonchev–Trinajstić information content (AvgIpc) is 3.38. The van der Waals surface area contributed by atoms with Crippen molar-refractivity contribution in [3.63, 3.8) is 0 Å². The van der Waals surface area contributed by atoms with Crippen LogP contribution in [-0.2, 0) is 22.2 Å². The molecule has 0 saturated carbocycles. The van der Waals surface area contributed by atoms with Crippen molar-refractivity contribution in [2.24, 2.45) is 16.6 Å². The first kappa shape index (κ1) is 29.5. The number of nitrogens with zero attached hydrogens (tertiary/aromatic N) is 4. The van der Waals surface area contributed by atoms with Crippen LogP contribution in [0.4, 0.5) is 17.6 Å². The number of aliphatic imine (C=N–C) groups is 1. The molecule has 1 aliphatic heterocycles. The van der Waals surface area contributed by atoms with Gasteiger partial charge in [0.1, 0.15) is 24.6 Å². The lowest BCUT2D eigenvalue weighted by Gasteiger charge is -2.34. The molecule has 0 radical (unpaired) electrons. The lowest BCUT2D eigenvalue weighted by Crippen LogP contribution is -2.54. The molecule has 3 unspecified atom stereocenters. The van der Waals surface area contributed by atoms with Crippen molar-refractivity contribution in [1.29, 1.82) is 0 Å². The topological polar surface area (TPSA) is 144 Å². The molecule has 0 fully saturated rings. The minimum absolute atomic E-state index is 0.0191. The summed E-state index contributed by atoms with van der Waals surface area (Å²) in [7, 11) is 0. The Bertz CT molecular complexity index is 1450. The molecule has 14 heteroatoms. The number of rotatable bonds is 9. The number of benzene rings is 2. The lowest BCUT2D eigenvalue weighted by molar-refractivity contribution is -0.139. The van der Waals surface area contributed by atoms with Crippen LogP contribution in [-0.4, -0.2) is 57.5 Å². The second-order valence-electron chi connectivity index (χ2n) is 9.76. The van der Waals surface area contributed by atoms with E-state index >= 15 is 0 Å². The van der Waals surface area contributed by atoms with E-state index in [4.69, 9.17) is 10.3 Å². The number of aromatic nitrogens is 2. The largest absolute Gasteiger partial charge is 0.416 e. The highest BCUT2D eigenvalue weighted by molar-refractivity contribution is 6.02. The molecular weight excluding hydrogens is 548 g/mol. The lowest BCUT2D eigenvalue weighted by atomic mass is 9.99. The maximum absolute atomic E-state index is 13.4. The highest BCUT2D eigenvalue weighted by Gasteiger charge is 2.35. The molecule has 1 aromatic heterocycles. The van der Waals surface area contributed by atoms with Crippen LogP contribution < -0.4 is 11.1 Å². The van der Waals surface area contributed by atoms with Gasteiger partial charge in [0.05, 0.1) is 11.6 Å². The molecule has 3 aromatic rings. The van der Waals surface area contributed by atoms with Gasteiger partial charge >= 0.3 is 6.18 Å². The van der Waals surface area contributed by atoms with Crippen LogP contribution in [0.25, 0.3) is 0 Å². The van der Waals surface area contributed by atoms with E-state index in [1.165, 1.54) is 42.6 Å². The SMILES string of the molecule is CC(C)C(NC(=O)CN1C(=O)C(N)C=NC1c1ccc(F)cc1)C(=O)c1nc(Cc2cccc(C(F)(F)F)c2)no1. The Morgan fingerprint density at radius 3 is 2.51 bits per heavy atom. The van der Waals surface area contributed by atoms with Crippen LogP contribution in [0.1, 0.15) is 53.2 Å². The van der Waals surface area contributed by atoms with E-state index in [0.717, 1.165) is 17.0 Å². The van der Waals surface area contributed by atoms with Crippen LogP contribution >= 0.6 is 0 Å². The number of nitrogens with one attached hydrogen (secondary N) is 1. The molecule has 2 amide bonds. The molecule has 0 aliphatic carbocycles. The van der Waals surface area contributed by atoms with E-state index in [2.05, 4.69) is 20.4 Å². The fourth-order valence-electron chi connectivity index (χ4n) is 4.20. The first-order valence-electron chi connectivity index (χ1n) is 12.5. The third-order valence-electron chi connectivity index (χ3n) is 6.29. The van der Waals surface area contributed by atoms with Crippen LogP contribution in [0, 0.1) is 11.7 Å². The summed E-state index contributed by atoms with van der Waals surface area (Å²) in [6, 6.07) is 7.63. The van der Waals surface area contributed by atoms with E-state index in [-0.39, 0.29) is 17.8 Å². The Kier molecular flexibility index (Phi) is 8.61. The number of nitrogens with two attached hydrogens (primary N) is 1. The van der Waals surface area contributed by atoms with Crippen molar-refractivity contribution < 1.29 is 36.5 Å². The highest BCUT2D eigenvalue weighted by Crippen LogP contribution is 2.30. The molecule has 4 rings (SSSR count).